The third-order valence-corrected chi connectivity index (χ3v) is 16.9. The molecule has 9 nitrogen and oxygen atoms in total. The summed E-state index contributed by atoms with van der Waals surface area (Å²) in [5, 5.41) is 9.76. The number of rotatable bonds is 72. The van der Waals surface area contributed by atoms with Crippen LogP contribution in [-0.2, 0) is 33.3 Å². The molecular formula is C86H148NO8+. The number of esters is 2. The van der Waals surface area contributed by atoms with Gasteiger partial charge >= 0.3 is 17.9 Å². The lowest BCUT2D eigenvalue weighted by Crippen LogP contribution is -2.40. The van der Waals surface area contributed by atoms with Gasteiger partial charge in [0.2, 0.25) is 0 Å². The van der Waals surface area contributed by atoms with E-state index in [1.807, 2.05) is 21.1 Å². The van der Waals surface area contributed by atoms with E-state index < -0.39 is 24.3 Å². The van der Waals surface area contributed by atoms with Crippen LogP contribution in [0, 0.1) is 0 Å². The standard InChI is InChI=1S/C86H147NO8/c1-6-8-10-12-14-16-18-20-22-24-26-28-30-32-34-36-38-39-40-41-42-43-44-45-47-48-50-52-54-56-58-60-62-64-66-68-70-72-74-76-83(88)93-80-82(81-94-86(85(90)91)92-79-78-87(3,4)5)95-84(89)77-75-73-71-69-67-65-63-61-59-57-55-53-51-49-46-37-35-33-31-29-27-25-23-21-19-17-15-13-11-9-7-2/h9,11,15,17-18,20-21,23-24,26-27,29,33,35,46,49,53,55,59,61,65,67,82,86H,6-8,10,12-14,16,19,22,25,28,30-32,34,36-45,47-48,50-52,54,56-58,60,62-64,66,68-81H2,1-5H3/p+1/b11-9-,17-15-,20-18-,23-21-,26-24-,29-27-,35-33-,49-46-,55-53-,61-59-,67-65-. The van der Waals surface area contributed by atoms with Crippen molar-refractivity contribution in [3.63, 3.8) is 0 Å². The zero-order valence-corrected chi connectivity index (χ0v) is 62.3. The largest absolute Gasteiger partial charge is 0.477 e. The van der Waals surface area contributed by atoms with Gasteiger partial charge in [0.25, 0.3) is 6.29 Å². The second-order valence-corrected chi connectivity index (χ2v) is 27.3. The number of allylic oxidation sites excluding steroid dienone is 22. The number of nitrogens with zero attached hydrogens (tertiary/aromatic N) is 1. The molecule has 95 heavy (non-hydrogen) atoms. The maximum absolute atomic E-state index is 13.0. The highest BCUT2D eigenvalue weighted by atomic mass is 16.7. The quantitative estimate of drug-likeness (QED) is 0.0211. The summed E-state index contributed by atoms with van der Waals surface area (Å²) in [5.74, 6) is -2.05. The summed E-state index contributed by atoms with van der Waals surface area (Å²) >= 11 is 0. The minimum Gasteiger partial charge on any atom is -0.477 e. The Morgan fingerprint density at radius 3 is 0.905 bits per heavy atom. The molecule has 0 spiro atoms. The van der Waals surface area contributed by atoms with Gasteiger partial charge in [0.05, 0.1) is 34.4 Å². The average Bonchev–Trinajstić information content (AvgIpc) is 3.24. The van der Waals surface area contributed by atoms with E-state index in [0.717, 1.165) is 103 Å². The number of carbonyl (C=O) groups is 3. The number of likely N-dealkylation sites (N-methyl/N-ethyl adjacent to an activating group) is 1. The van der Waals surface area contributed by atoms with Crippen LogP contribution >= 0.6 is 0 Å². The number of aliphatic carboxylic acids is 1. The molecule has 0 saturated carbocycles. The van der Waals surface area contributed by atoms with Crippen molar-refractivity contribution in [2.75, 3.05) is 47.5 Å². The third-order valence-electron chi connectivity index (χ3n) is 16.9. The fourth-order valence-corrected chi connectivity index (χ4v) is 10.9. The van der Waals surface area contributed by atoms with Crippen molar-refractivity contribution in [3.8, 4) is 0 Å². The lowest BCUT2D eigenvalue weighted by Gasteiger charge is -2.25. The molecule has 0 aliphatic rings. The molecule has 0 aliphatic carbocycles. The number of unbranched alkanes of at least 4 members (excludes halogenated alkanes) is 35. The summed E-state index contributed by atoms with van der Waals surface area (Å²) < 4.78 is 23.0. The number of hydrogen-bond donors (Lipinski definition) is 1. The molecule has 0 fully saturated rings. The van der Waals surface area contributed by atoms with Crippen LogP contribution < -0.4 is 0 Å². The van der Waals surface area contributed by atoms with Gasteiger partial charge in [-0.1, -0.05) is 340 Å². The maximum Gasteiger partial charge on any atom is 0.361 e. The van der Waals surface area contributed by atoms with E-state index in [9.17, 15) is 19.5 Å². The smallest absolute Gasteiger partial charge is 0.361 e. The molecule has 9 heteroatoms. The van der Waals surface area contributed by atoms with E-state index in [4.69, 9.17) is 18.9 Å². The first kappa shape index (κ1) is 90.4. The Morgan fingerprint density at radius 2 is 0.600 bits per heavy atom. The van der Waals surface area contributed by atoms with Gasteiger partial charge in [-0.25, -0.2) is 4.79 Å². The lowest BCUT2D eigenvalue weighted by molar-refractivity contribution is -0.870. The first-order valence-electron chi connectivity index (χ1n) is 39.3. The van der Waals surface area contributed by atoms with E-state index in [2.05, 4.69) is 148 Å². The first-order chi connectivity index (χ1) is 46.6. The Labute approximate surface area is 586 Å². The van der Waals surface area contributed by atoms with Crippen LogP contribution in [0.25, 0.3) is 0 Å². The monoisotopic (exact) mass is 1320 g/mol. The summed E-state index contributed by atoms with van der Waals surface area (Å²) in [4.78, 5) is 37.7. The summed E-state index contributed by atoms with van der Waals surface area (Å²) in [7, 11) is 5.97. The number of carboxylic acid groups (broad SMARTS) is 1. The molecule has 0 rings (SSSR count). The van der Waals surface area contributed by atoms with Crippen molar-refractivity contribution in [2.24, 2.45) is 0 Å². The van der Waals surface area contributed by atoms with E-state index in [-0.39, 0.29) is 32.2 Å². The molecule has 0 bridgehead atoms. The number of hydrogen-bond acceptors (Lipinski definition) is 7. The third kappa shape index (κ3) is 76.7. The SMILES string of the molecule is CC/C=C\C/C=C\C/C=C\C/C=C\C/C=C\C/C=C\C/C=C\C/C=C\C/C=C\CCCCCC(=O)OC(COC(=O)CCCCCCCCCCCCCCCCCCCCCCCCCCCCC/C=C\C/C=C\CCCCCCC)COC(OCC[N+](C)(C)C)C(=O)O. The topological polar surface area (TPSA) is 108 Å². The van der Waals surface area contributed by atoms with Crippen LogP contribution in [0.15, 0.2) is 134 Å². The van der Waals surface area contributed by atoms with E-state index >= 15 is 0 Å². The second kappa shape index (κ2) is 75.2. The van der Waals surface area contributed by atoms with Gasteiger partial charge in [-0.2, -0.15) is 0 Å². The summed E-state index contributed by atoms with van der Waals surface area (Å²) in [6.07, 6.45) is 106. The molecule has 544 valence electrons. The Balaban J connectivity index is 4.08. The Kier molecular flexibility index (Phi) is 71.6. The number of quaternary nitrogens is 1. The number of carbonyl (C=O) groups excluding carboxylic acids is 2. The van der Waals surface area contributed by atoms with Crippen molar-refractivity contribution in [1.29, 1.82) is 0 Å². The first-order valence-corrected chi connectivity index (χ1v) is 39.3. The van der Waals surface area contributed by atoms with Crippen LogP contribution in [-0.4, -0.2) is 87.4 Å². The zero-order chi connectivity index (χ0) is 69.0. The molecule has 0 aliphatic heterocycles. The molecule has 2 unspecified atom stereocenters. The predicted molar refractivity (Wildman–Crippen MR) is 410 cm³/mol. The normalized spacial score (nSPS) is 13.4. The van der Waals surface area contributed by atoms with Gasteiger partial charge < -0.3 is 28.5 Å². The van der Waals surface area contributed by atoms with Crippen molar-refractivity contribution in [2.45, 2.75) is 347 Å². The van der Waals surface area contributed by atoms with E-state index in [1.165, 1.54) is 199 Å². The fraction of sp³-hybridized carbons (Fsp3) is 0.709. The molecule has 0 aromatic rings. The van der Waals surface area contributed by atoms with Gasteiger partial charge in [0, 0.05) is 12.8 Å². The number of carboxylic acids is 1. The van der Waals surface area contributed by atoms with Gasteiger partial charge in [0.1, 0.15) is 13.2 Å². The second-order valence-electron chi connectivity index (χ2n) is 27.3. The van der Waals surface area contributed by atoms with Crippen LogP contribution in [0.4, 0.5) is 0 Å². The van der Waals surface area contributed by atoms with Crippen LogP contribution in [0.2, 0.25) is 0 Å². The number of ether oxygens (including phenoxy) is 4. The maximum atomic E-state index is 13.0. The van der Waals surface area contributed by atoms with Crippen LogP contribution in [0.5, 0.6) is 0 Å². The Morgan fingerprint density at radius 1 is 0.326 bits per heavy atom. The summed E-state index contributed by atoms with van der Waals surface area (Å²) in [5.41, 5.74) is 0. The Hall–Kier alpha value is -4.57. The molecule has 0 saturated heterocycles. The lowest BCUT2D eigenvalue weighted by atomic mass is 10.0. The van der Waals surface area contributed by atoms with Gasteiger partial charge in [0.15, 0.2) is 6.10 Å². The molecule has 0 amide bonds. The predicted octanol–water partition coefficient (Wildman–Crippen LogP) is 25.3. The van der Waals surface area contributed by atoms with Gasteiger partial charge in [-0.15, -0.1) is 0 Å². The molecule has 2 atom stereocenters. The van der Waals surface area contributed by atoms with Crippen molar-refractivity contribution < 1.29 is 42.9 Å². The fourth-order valence-electron chi connectivity index (χ4n) is 10.9. The van der Waals surface area contributed by atoms with Gasteiger partial charge in [-0.05, 0) is 116 Å². The van der Waals surface area contributed by atoms with Crippen molar-refractivity contribution in [1.82, 2.24) is 0 Å². The summed E-state index contributed by atoms with van der Waals surface area (Å²) in [6, 6.07) is 0. The minimum absolute atomic E-state index is 0.175. The van der Waals surface area contributed by atoms with Crippen LogP contribution in [0.1, 0.15) is 335 Å². The highest BCUT2D eigenvalue weighted by molar-refractivity contribution is 5.71. The highest BCUT2D eigenvalue weighted by Gasteiger charge is 2.25. The molecule has 0 heterocycles. The zero-order valence-electron chi connectivity index (χ0n) is 62.3. The van der Waals surface area contributed by atoms with Crippen molar-refractivity contribution in [3.05, 3.63) is 134 Å². The van der Waals surface area contributed by atoms with E-state index in [0.29, 0.717) is 23.9 Å². The molecule has 0 radical (unpaired) electrons. The van der Waals surface area contributed by atoms with Crippen LogP contribution in [0.3, 0.4) is 0 Å². The molecule has 1 N–H and O–H groups in total. The summed E-state index contributed by atoms with van der Waals surface area (Å²) in [6.45, 7) is 4.73. The van der Waals surface area contributed by atoms with E-state index in [1.54, 1.807) is 0 Å². The highest BCUT2D eigenvalue weighted by Crippen LogP contribution is 2.18. The molecule has 0 aromatic carbocycles. The average molecular weight is 1320 g/mol. The minimum atomic E-state index is -1.53. The Bertz CT molecular complexity index is 2030. The molecule has 0 aromatic heterocycles. The van der Waals surface area contributed by atoms with Gasteiger partial charge in [-0.3, -0.25) is 9.59 Å². The van der Waals surface area contributed by atoms with Crippen molar-refractivity contribution >= 4 is 17.9 Å². The molecular weight excluding hydrogens is 1170 g/mol.